The van der Waals surface area contributed by atoms with Gasteiger partial charge in [0.15, 0.2) is 0 Å². The van der Waals surface area contributed by atoms with Gasteiger partial charge in [-0.2, -0.15) is 0 Å². The molecule has 146 valence electrons. The van der Waals surface area contributed by atoms with E-state index in [1.807, 2.05) is 37.3 Å². The number of nitrogens with one attached hydrogen (secondary N) is 2. The number of carbonyl (C=O) groups is 1. The van der Waals surface area contributed by atoms with Crippen LogP contribution in [0.15, 0.2) is 48.5 Å². The second-order valence-corrected chi connectivity index (χ2v) is 7.12. The Morgan fingerprint density at radius 3 is 2.44 bits per heavy atom. The Morgan fingerprint density at radius 1 is 1.11 bits per heavy atom. The van der Waals surface area contributed by atoms with Crippen LogP contribution in [0.3, 0.4) is 0 Å². The van der Waals surface area contributed by atoms with E-state index in [9.17, 15) is 4.79 Å². The number of amides is 1. The van der Waals surface area contributed by atoms with Crippen molar-refractivity contribution in [1.29, 1.82) is 0 Å². The Hall–Kier alpha value is -2.33. The molecule has 2 aromatic carbocycles. The maximum Gasteiger partial charge on any atom is 0.237 e. The summed E-state index contributed by atoms with van der Waals surface area (Å²) in [6.45, 7) is 8.15. The normalized spacial score (nSPS) is 14.3. The number of ether oxygens (including phenoxy) is 1. The molecule has 1 amide bonds. The molecular weight excluding hydrogens is 336 g/mol. The number of hydrogen-bond acceptors (Lipinski definition) is 3. The molecule has 4 heteroatoms. The Labute approximate surface area is 163 Å². The third-order valence-corrected chi connectivity index (χ3v) is 4.84. The minimum Gasteiger partial charge on any atom is -0.496 e. The van der Waals surface area contributed by atoms with Crippen LogP contribution in [0.1, 0.15) is 62.4 Å². The molecule has 2 rings (SSSR count). The molecule has 0 aliphatic carbocycles. The third-order valence-electron chi connectivity index (χ3n) is 4.84. The van der Waals surface area contributed by atoms with Crippen LogP contribution in [0.4, 0.5) is 0 Å². The number of rotatable bonds is 9. The summed E-state index contributed by atoms with van der Waals surface area (Å²) in [7, 11) is 1.67. The van der Waals surface area contributed by atoms with Gasteiger partial charge in [0.05, 0.1) is 19.2 Å². The standard InChI is InChI=1S/C23H32N2O2/c1-6-10-21(19-11-8-7-9-12-19)25-23(26)18(4)24-17(3)20-15-16(2)13-14-22(20)27-5/h7-9,11-15,17-18,21,24H,6,10H2,1-5H3,(H,25,26). The molecule has 0 saturated carbocycles. The number of benzene rings is 2. The molecule has 4 nitrogen and oxygen atoms in total. The van der Waals surface area contributed by atoms with Gasteiger partial charge in [-0.15, -0.1) is 0 Å². The average molecular weight is 369 g/mol. The second kappa shape index (κ2) is 10.1. The molecule has 0 heterocycles. The van der Waals surface area contributed by atoms with Crippen LogP contribution in [0.5, 0.6) is 5.75 Å². The molecule has 0 aliphatic rings. The summed E-state index contributed by atoms with van der Waals surface area (Å²) in [6, 6.07) is 16.0. The van der Waals surface area contributed by atoms with E-state index in [1.165, 1.54) is 5.56 Å². The van der Waals surface area contributed by atoms with Crippen molar-refractivity contribution in [3.63, 3.8) is 0 Å². The van der Waals surface area contributed by atoms with E-state index in [1.54, 1.807) is 7.11 Å². The zero-order chi connectivity index (χ0) is 19.8. The number of carbonyl (C=O) groups excluding carboxylic acids is 1. The predicted octanol–water partition coefficient (Wildman–Crippen LogP) is 4.70. The van der Waals surface area contributed by atoms with E-state index in [0.29, 0.717) is 0 Å². The highest BCUT2D eigenvalue weighted by Crippen LogP contribution is 2.26. The summed E-state index contributed by atoms with van der Waals surface area (Å²) in [5.41, 5.74) is 3.38. The molecular formula is C23H32N2O2. The Bertz CT molecular complexity index is 730. The van der Waals surface area contributed by atoms with Gasteiger partial charge in [0.25, 0.3) is 0 Å². The predicted molar refractivity (Wildman–Crippen MR) is 111 cm³/mol. The molecule has 0 saturated heterocycles. The Kier molecular flexibility index (Phi) is 7.86. The lowest BCUT2D eigenvalue weighted by Gasteiger charge is -2.25. The van der Waals surface area contributed by atoms with E-state index >= 15 is 0 Å². The summed E-state index contributed by atoms with van der Waals surface area (Å²) in [4.78, 5) is 12.8. The summed E-state index contributed by atoms with van der Waals surface area (Å²) in [5.74, 6) is 0.845. The summed E-state index contributed by atoms with van der Waals surface area (Å²) in [5, 5.41) is 6.60. The molecule has 0 aliphatic heterocycles. The van der Waals surface area contributed by atoms with Gasteiger partial charge >= 0.3 is 0 Å². The van der Waals surface area contributed by atoms with Crippen molar-refractivity contribution in [2.24, 2.45) is 0 Å². The molecule has 0 bridgehead atoms. The number of aryl methyl sites for hydroxylation is 1. The van der Waals surface area contributed by atoms with Crippen LogP contribution < -0.4 is 15.4 Å². The molecule has 3 atom stereocenters. The van der Waals surface area contributed by atoms with Gasteiger partial charge in [0.1, 0.15) is 5.75 Å². The van der Waals surface area contributed by atoms with Crippen LogP contribution in [-0.4, -0.2) is 19.1 Å². The fourth-order valence-corrected chi connectivity index (χ4v) is 3.33. The van der Waals surface area contributed by atoms with Crippen molar-refractivity contribution >= 4 is 5.91 Å². The fourth-order valence-electron chi connectivity index (χ4n) is 3.33. The van der Waals surface area contributed by atoms with Crippen LogP contribution in [0, 0.1) is 6.92 Å². The zero-order valence-electron chi connectivity index (χ0n) is 17.1. The SMILES string of the molecule is CCCC(NC(=O)C(C)NC(C)c1cc(C)ccc1OC)c1ccccc1. The van der Waals surface area contributed by atoms with Crippen LogP contribution in [-0.2, 0) is 4.79 Å². The molecule has 0 fully saturated rings. The van der Waals surface area contributed by atoms with Crippen molar-refractivity contribution in [3.8, 4) is 5.75 Å². The highest BCUT2D eigenvalue weighted by molar-refractivity contribution is 5.81. The molecule has 2 N–H and O–H groups in total. The van der Waals surface area contributed by atoms with E-state index in [0.717, 1.165) is 29.7 Å². The summed E-state index contributed by atoms with van der Waals surface area (Å²) >= 11 is 0. The van der Waals surface area contributed by atoms with E-state index in [2.05, 4.69) is 49.6 Å². The first-order valence-corrected chi connectivity index (χ1v) is 9.72. The topological polar surface area (TPSA) is 50.4 Å². The first-order chi connectivity index (χ1) is 13.0. The fraction of sp³-hybridized carbons (Fsp3) is 0.435. The van der Waals surface area contributed by atoms with Gasteiger partial charge in [0, 0.05) is 11.6 Å². The van der Waals surface area contributed by atoms with Gasteiger partial charge in [-0.05, 0) is 38.8 Å². The Balaban J connectivity index is 2.05. The lowest BCUT2D eigenvalue weighted by Crippen LogP contribution is -2.44. The highest BCUT2D eigenvalue weighted by atomic mass is 16.5. The number of hydrogen-bond donors (Lipinski definition) is 2. The minimum absolute atomic E-state index is 0.00181. The maximum atomic E-state index is 12.8. The van der Waals surface area contributed by atoms with Crippen molar-refractivity contribution in [2.45, 2.75) is 58.7 Å². The maximum absolute atomic E-state index is 12.8. The zero-order valence-corrected chi connectivity index (χ0v) is 17.1. The Morgan fingerprint density at radius 2 is 1.81 bits per heavy atom. The van der Waals surface area contributed by atoms with E-state index in [-0.39, 0.29) is 24.0 Å². The van der Waals surface area contributed by atoms with Crippen molar-refractivity contribution in [1.82, 2.24) is 10.6 Å². The van der Waals surface area contributed by atoms with Crippen molar-refractivity contribution in [2.75, 3.05) is 7.11 Å². The first kappa shape index (κ1) is 21.0. The molecule has 27 heavy (non-hydrogen) atoms. The van der Waals surface area contributed by atoms with Gasteiger partial charge in [-0.3, -0.25) is 10.1 Å². The lowest BCUT2D eigenvalue weighted by atomic mass is 10.0. The summed E-state index contributed by atoms with van der Waals surface area (Å²) in [6.07, 6.45) is 1.93. The van der Waals surface area contributed by atoms with Gasteiger partial charge in [0.2, 0.25) is 5.91 Å². The smallest absolute Gasteiger partial charge is 0.237 e. The molecule has 0 aromatic heterocycles. The lowest BCUT2D eigenvalue weighted by molar-refractivity contribution is -0.123. The second-order valence-electron chi connectivity index (χ2n) is 7.12. The van der Waals surface area contributed by atoms with Gasteiger partial charge in [-0.1, -0.05) is 61.4 Å². The minimum atomic E-state index is -0.312. The van der Waals surface area contributed by atoms with E-state index in [4.69, 9.17) is 4.74 Å². The van der Waals surface area contributed by atoms with Crippen molar-refractivity contribution in [3.05, 3.63) is 65.2 Å². The van der Waals surface area contributed by atoms with E-state index < -0.39 is 0 Å². The molecule has 3 unspecified atom stereocenters. The molecule has 0 spiro atoms. The monoisotopic (exact) mass is 368 g/mol. The van der Waals surface area contributed by atoms with Gasteiger partial charge in [-0.25, -0.2) is 0 Å². The summed E-state index contributed by atoms with van der Waals surface area (Å²) < 4.78 is 5.48. The van der Waals surface area contributed by atoms with Crippen molar-refractivity contribution < 1.29 is 9.53 Å². The molecule has 2 aromatic rings. The van der Waals surface area contributed by atoms with Crippen LogP contribution in [0.2, 0.25) is 0 Å². The quantitative estimate of drug-likeness (QED) is 0.674. The van der Waals surface area contributed by atoms with Crippen LogP contribution in [0.25, 0.3) is 0 Å². The van der Waals surface area contributed by atoms with Crippen LogP contribution >= 0.6 is 0 Å². The highest BCUT2D eigenvalue weighted by Gasteiger charge is 2.21. The molecule has 0 radical (unpaired) electrons. The van der Waals surface area contributed by atoms with Gasteiger partial charge < -0.3 is 10.1 Å². The average Bonchev–Trinajstić information content (AvgIpc) is 2.68. The first-order valence-electron chi connectivity index (χ1n) is 9.72. The largest absolute Gasteiger partial charge is 0.496 e. The number of methoxy groups -OCH3 is 1. The third kappa shape index (κ3) is 5.83.